The van der Waals surface area contributed by atoms with Crippen LogP contribution in [0.25, 0.3) is 10.1 Å². The highest BCUT2D eigenvalue weighted by molar-refractivity contribution is 7.17. The van der Waals surface area contributed by atoms with Crippen LogP contribution in [0.1, 0.15) is 17.3 Å². The van der Waals surface area contributed by atoms with E-state index in [1.807, 2.05) is 23.6 Å². The molecule has 0 saturated heterocycles. The van der Waals surface area contributed by atoms with Crippen LogP contribution in [-0.2, 0) is 0 Å². The van der Waals surface area contributed by atoms with E-state index < -0.39 is 0 Å². The van der Waals surface area contributed by atoms with E-state index >= 15 is 0 Å². The molecule has 0 N–H and O–H groups in total. The highest BCUT2D eigenvalue weighted by Crippen LogP contribution is 2.28. The third kappa shape index (κ3) is 1.47. The Balaban J connectivity index is 2.79. The molecule has 1 nitrogen and oxygen atoms in total. The van der Waals surface area contributed by atoms with Gasteiger partial charge in [-0.25, -0.2) is 0 Å². The van der Waals surface area contributed by atoms with E-state index in [9.17, 15) is 4.79 Å². The first-order valence-corrected chi connectivity index (χ1v) is 5.12. The first kappa shape index (κ1) is 8.73. The minimum Gasteiger partial charge on any atom is -0.294 e. The number of ketones is 1. The highest BCUT2D eigenvalue weighted by atomic mass is 35.5. The van der Waals surface area contributed by atoms with E-state index in [-0.39, 0.29) is 5.78 Å². The normalized spacial score (nSPS) is 10.6. The third-order valence-electron chi connectivity index (χ3n) is 1.91. The summed E-state index contributed by atoms with van der Waals surface area (Å²) in [5.74, 6) is 0.0912. The Morgan fingerprint density at radius 2 is 2.23 bits per heavy atom. The lowest BCUT2D eigenvalue weighted by molar-refractivity contribution is 0.101. The number of carbonyl (C=O) groups is 1. The summed E-state index contributed by atoms with van der Waals surface area (Å²) < 4.78 is 1.11. The molecule has 0 unspecified atom stereocenters. The van der Waals surface area contributed by atoms with Gasteiger partial charge in [0.2, 0.25) is 0 Å². The Kier molecular flexibility index (Phi) is 2.10. The maximum absolute atomic E-state index is 11.2. The van der Waals surface area contributed by atoms with Crippen molar-refractivity contribution in [3.05, 3.63) is 34.2 Å². The van der Waals surface area contributed by atoms with Gasteiger partial charge in [0.05, 0.1) is 0 Å². The van der Waals surface area contributed by atoms with Crippen molar-refractivity contribution < 1.29 is 4.79 Å². The Hall–Kier alpha value is -0.860. The second-order valence-corrected chi connectivity index (χ2v) is 4.19. The van der Waals surface area contributed by atoms with Crippen LogP contribution in [0, 0.1) is 0 Å². The first-order chi connectivity index (χ1) is 6.18. The third-order valence-corrected chi connectivity index (χ3v) is 3.11. The van der Waals surface area contributed by atoms with Crippen LogP contribution in [-0.4, -0.2) is 5.78 Å². The van der Waals surface area contributed by atoms with Crippen molar-refractivity contribution in [3.63, 3.8) is 0 Å². The van der Waals surface area contributed by atoms with E-state index in [0.29, 0.717) is 5.02 Å². The van der Waals surface area contributed by atoms with Gasteiger partial charge in [-0.2, -0.15) is 0 Å². The fourth-order valence-corrected chi connectivity index (χ4v) is 2.43. The zero-order valence-corrected chi connectivity index (χ0v) is 8.58. The summed E-state index contributed by atoms with van der Waals surface area (Å²) in [6.45, 7) is 1.57. The van der Waals surface area contributed by atoms with Crippen LogP contribution < -0.4 is 0 Å². The summed E-state index contributed by atoms with van der Waals surface area (Å²) in [6, 6.07) is 5.61. The van der Waals surface area contributed by atoms with Crippen molar-refractivity contribution in [2.75, 3.05) is 0 Å². The van der Waals surface area contributed by atoms with Gasteiger partial charge in [-0.3, -0.25) is 4.79 Å². The largest absolute Gasteiger partial charge is 0.294 e. The van der Waals surface area contributed by atoms with Gasteiger partial charge >= 0.3 is 0 Å². The van der Waals surface area contributed by atoms with Crippen LogP contribution in [0.2, 0.25) is 5.02 Å². The van der Waals surface area contributed by atoms with Crippen molar-refractivity contribution >= 4 is 38.8 Å². The molecule has 1 heterocycles. The summed E-state index contributed by atoms with van der Waals surface area (Å²) in [5, 5.41) is 3.52. The molecule has 0 radical (unpaired) electrons. The molecule has 1 aromatic heterocycles. The summed E-state index contributed by atoms with van der Waals surface area (Å²) in [6.07, 6.45) is 0. The molecule has 0 aliphatic rings. The first-order valence-electron chi connectivity index (χ1n) is 3.86. The predicted molar refractivity (Wildman–Crippen MR) is 56.8 cm³/mol. The number of Topliss-reactive ketones (excluding diaryl/α,β-unsaturated/α-hetero) is 1. The van der Waals surface area contributed by atoms with Crippen molar-refractivity contribution in [2.24, 2.45) is 0 Å². The molecular weight excluding hydrogens is 204 g/mol. The maximum Gasteiger partial charge on any atom is 0.161 e. The average molecular weight is 211 g/mol. The average Bonchev–Trinajstić information content (AvgIpc) is 2.46. The quantitative estimate of drug-likeness (QED) is 0.655. The van der Waals surface area contributed by atoms with Crippen molar-refractivity contribution in [3.8, 4) is 0 Å². The SMILES string of the molecule is CC(=O)c1csc2ccc(Cl)cc12. The van der Waals surface area contributed by atoms with Crippen LogP contribution >= 0.6 is 22.9 Å². The van der Waals surface area contributed by atoms with Gasteiger partial charge in [0.25, 0.3) is 0 Å². The number of carbonyl (C=O) groups excluding carboxylic acids is 1. The number of thiophene rings is 1. The molecule has 66 valence electrons. The second kappa shape index (κ2) is 3.13. The monoisotopic (exact) mass is 210 g/mol. The zero-order valence-electron chi connectivity index (χ0n) is 7.00. The Labute approximate surface area is 84.9 Å². The van der Waals surface area contributed by atoms with Crippen LogP contribution in [0.5, 0.6) is 0 Å². The van der Waals surface area contributed by atoms with E-state index in [2.05, 4.69) is 0 Å². The molecule has 0 bridgehead atoms. The van der Waals surface area contributed by atoms with Crippen LogP contribution in [0.4, 0.5) is 0 Å². The molecule has 13 heavy (non-hydrogen) atoms. The molecule has 0 fully saturated rings. The van der Waals surface area contributed by atoms with E-state index in [1.54, 1.807) is 18.3 Å². The Bertz CT molecular complexity index is 473. The van der Waals surface area contributed by atoms with Crippen LogP contribution in [0.15, 0.2) is 23.6 Å². The minimum atomic E-state index is 0.0912. The molecule has 1 aromatic carbocycles. The molecule has 0 atom stereocenters. The molecule has 0 aliphatic heterocycles. The number of fused-ring (bicyclic) bond motifs is 1. The van der Waals surface area contributed by atoms with Crippen molar-refractivity contribution in [1.29, 1.82) is 0 Å². The smallest absolute Gasteiger partial charge is 0.161 e. The predicted octanol–water partition coefficient (Wildman–Crippen LogP) is 3.76. The molecule has 3 heteroatoms. The van der Waals surface area contributed by atoms with Crippen molar-refractivity contribution in [1.82, 2.24) is 0 Å². The number of hydrogen-bond donors (Lipinski definition) is 0. The second-order valence-electron chi connectivity index (χ2n) is 2.85. The Morgan fingerprint density at radius 1 is 1.46 bits per heavy atom. The number of hydrogen-bond acceptors (Lipinski definition) is 2. The van der Waals surface area contributed by atoms with Gasteiger partial charge < -0.3 is 0 Å². The summed E-state index contributed by atoms with van der Waals surface area (Å²) in [5.41, 5.74) is 0.766. The van der Waals surface area contributed by atoms with Crippen LogP contribution in [0.3, 0.4) is 0 Å². The van der Waals surface area contributed by atoms with Gasteiger partial charge in [-0.1, -0.05) is 11.6 Å². The molecule has 0 aliphatic carbocycles. The lowest BCUT2D eigenvalue weighted by atomic mass is 10.1. The van der Waals surface area contributed by atoms with E-state index in [4.69, 9.17) is 11.6 Å². The fourth-order valence-electron chi connectivity index (χ4n) is 1.27. The molecule has 2 aromatic rings. The number of halogens is 1. The lowest BCUT2D eigenvalue weighted by Gasteiger charge is -1.93. The number of benzene rings is 1. The van der Waals surface area contributed by atoms with Crippen molar-refractivity contribution in [2.45, 2.75) is 6.92 Å². The summed E-state index contributed by atoms with van der Waals surface area (Å²) in [4.78, 5) is 11.2. The maximum atomic E-state index is 11.2. The lowest BCUT2D eigenvalue weighted by Crippen LogP contribution is -1.88. The Morgan fingerprint density at radius 3 is 2.92 bits per heavy atom. The van der Waals surface area contributed by atoms with E-state index in [0.717, 1.165) is 15.6 Å². The van der Waals surface area contributed by atoms with Gasteiger partial charge in [-0.05, 0) is 25.1 Å². The zero-order chi connectivity index (χ0) is 9.42. The van der Waals surface area contributed by atoms with Gasteiger partial charge in [-0.15, -0.1) is 11.3 Å². The topological polar surface area (TPSA) is 17.1 Å². The molecule has 0 spiro atoms. The van der Waals surface area contributed by atoms with E-state index in [1.165, 1.54) is 0 Å². The fraction of sp³-hybridized carbons (Fsp3) is 0.100. The van der Waals surface area contributed by atoms with Gasteiger partial charge in [0.15, 0.2) is 5.78 Å². The molecule has 0 amide bonds. The minimum absolute atomic E-state index is 0.0912. The number of rotatable bonds is 1. The summed E-state index contributed by atoms with van der Waals surface area (Å²) >= 11 is 7.42. The highest BCUT2D eigenvalue weighted by Gasteiger charge is 2.07. The van der Waals surface area contributed by atoms with Gasteiger partial charge in [0.1, 0.15) is 0 Å². The van der Waals surface area contributed by atoms with Gasteiger partial charge in [0, 0.05) is 26.1 Å². The molecular formula is C10H7ClOS. The summed E-state index contributed by atoms with van der Waals surface area (Å²) in [7, 11) is 0. The standard InChI is InChI=1S/C10H7ClOS/c1-6(12)9-5-13-10-3-2-7(11)4-8(9)10/h2-5H,1H3. The molecule has 0 saturated carbocycles. The molecule has 2 rings (SSSR count).